The van der Waals surface area contributed by atoms with Crippen molar-refractivity contribution in [2.24, 2.45) is 0 Å². The number of pyridine rings is 1. The molecule has 2 N–H and O–H groups in total. The maximum Gasteiger partial charge on any atom is 0.212 e. The molecule has 0 atom stereocenters. The van der Waals surface area contributed by atoms with Crippen molar-refractivity contribution in [2.75, 3.05) is 12.4 Å². The summed E-state index contributed by atoms with van der Waals surface area (Å²) in [6.07, 6.45) is 0. The highest BCUT2D eigenvalue weighted by Crippen LogP contribution is 2.38. The predicted octanol–water partition coefficient (Wildman–Crippen LogP) is 5.16. The van der Waals surface area contributed by atoms with E-state index >= 15 is 0 Å². The summed E-state index contributed by atoms with van der Waals surface area (Å²) in [6.45, 7) is 0. The highest BCUT2D eigenvalue weighted by Gasteiger charge is 2.37. The van der Waals surface area contributed by atoms with Crippen molar-refractivity contribution >= 4 is 33.8 Å². The van der Waals surface area contributed by atoms with Crippen LogP contribution in [0, 0.1) is 0 Å². The average molecular weight is 446 g/mol. The van der Waals surface area contributed by atoms with Gasteiger partial charge in [0, 0.05) is 27.9 Å². The summed E-state index contributed by atoms with van der Waals surface area (Å²) in [6, 6.07) is 23.0. The van der Waals surface area contributed by atoms with Gasteiger partial charge in [-0.05, 0) is 41.8 Å². The molecule has 2 aliphatic carbocycles. The Morgan fingerprint density at radius 1 is 0.735 bits per heavy atom. The maximum atomic E-state index is 13.8. The van der Waals surface area contributed by atoms with Crippen molar-refractivity contribution in [3.8, 4) is 17.0 Å². The SMILES string of the molecule is COc1ccc(Nc2c3c(c4[nH]c5ccccc5cc-4c2=O)C(=O)c2ccccc2C3=O)cc1. The molecule has 34 heavy (non-hydrogen) atoms. The Morgan fingerprint density at radius 3 is 2.09 bits per heavy atom. The van der Waals surface area contributed by atoms with Gasteiger partial charge in [0.05, 0.1) is 29.6 Å². The second-order valence-electron chi connectivity index (χ2n) is 8.16. The number of aromatic nitrogens is 1. The van der Waals surface area contributed by atoms with Gasteiger partial charge in [-0.15, -0.1) is 0 Å². The van der Waals surface area contributed by atoms with Crippen molar-refractivity contribution in [3.63, 3.8) is 0 Å². The second-order valence-corrected chi connectivity index (χ2v) is 8.16. The second kappa shape index (κ2) is 7.42. The summed E-state index contributed by atoms with van der Waals surface area (Å²) in [7, 11) is 1.57. The molecule has 1 aliphatic heterocycles. The predicted molar refractivity (Wildman–Crippen MR) is 131 cm³/mol. The molecule has 0 fully saturated rings. The lowest BCUT2D eigenvalue weighted by Gasteiger charge is -2.24. The molecule has 3 aromatic carbocycles. The fourth-order valence-corrected chi connectivity index (χ4v) is 4.58. The zero-order chi connectivity index (χ0) is 23.4. The molecule has 0 saturated heterocycles. The van der Waals surface area contributed by atoms with Gasteiger partial charge in [-0.1, -0.05) is 42.5 Å². The van der Waals surface area contributed by atoms with E-state index in [1.54, 1.807) is 61.7 Å². The van der Waals surface area contributed by atoms with Crippen LogP contribution in [0.1, 0.15) is 31.8 Å². The number of rotatable bonds is 3. The van der Waals surface area contributed by atoms with Gasteiger partial charge in [0.1, 0.15) is 5.75 Å². The minimum atomic E-state index is -0.359. The van der Waals surface area contributed by atoms with Crippen LogP contribution in [-0.2, 0) is 0 Å². The van der Waals surface area contributed by atoms with E-state index in [2.05, 4.69) is 10.3 Å². The van der Waals surface area contributed by atoms with Gasteiger partial charge in [-0.25, -0.2) is 0 Å². The number of benzene rings is 4. The Kier molecular flexibility index (Phi) is 4.35. The topological polar surface area (TPSA) is 88.3 Å². The first-order chi connectivity index (χ1) is 16.6. The van der Waals surface area contributed by atoms with Crippen LogP contribution in [0.5, 0.6) is 5.75 Å². The number of nitrogens with one attached hydrogen (secondary N) is 2. The molecular weight excluding hydrogens is 428 g/mol. The molecule has 3 aliphatic rings. The van der Waals surface area contributed by atoms with Gasteiger partial charge >= 0.3 is 0 Å². The van der Waals surface area contributed by atoms with Crippen LogP contribution in [0.4, 0.5) is 11.4 Å². The van der Waals surface area contributed by atoms with Gasteiger partial charge in [0.25, 0.3) is 0 Å². The lowest BCUT2D eigenvalue weighted by atomic mass is 9.79. The highest BCUT2D eigenvalue weighted by molar-refractivity contribution is 6.32. The molecule has 0 aromatic heterocycles. The Hall–Kier alpha value is -4.71. The van der Waals surface area contributed by atoms with E-state index in [0.717, 1.165) is 10.9 Å². The average Bonchev–Trinajstić information content (AvgIpc) is 2.88. The fraction of sp³-hybridized carbons (Fsp3) is 0.0357. The fourth-order valence-electron chi connectivity index (χ4n) is 4.58. The first-order valence-electron chi connectivity index (χ1n) is 10.8. The third-order valence-electron chi connectivity index (χ3n) is 6.24. The number of hydrogen-bond donors (Lipinski definition) is 2. The maximum absolute atomic E-state index is 13.8. The number of fused-ring (bicyclic) bond motifs is 5. The number of H-pyrrole nitrogens is 1. The van der Waals surface area contributed by atoms with E-state index < -0.39 is 0 Å². The summed E-state index contributed by atoms with van der Waals surface area (Å²) in [5, 5.41) is 3.95. The summed E-state index contributed by atoms with van der Waals surface area (Å²) >= 11 is 0. The third-order valence-corrected chi connectivity index (χ3v) is 6.24. The van der Waals surface area contributed by atoms with Crippen LogP contribution in [0.25, 0.3) is 22.2 Å². The largest absolute Gasteiger partial charge is 0.497 e. The number of carbonyl (C=O) groups is 2. The normalized spacial score (nSPS) is 12.5. The summed E-state index contributed by atoms with van der Waals surface area (Å²) < 4.78 is 5.21. The van der Waals surface area contributed by atoms with E-state index in [0.29, 0.717) is 28.3 Å². The smallest absolute Gasteiger partial charge is 0.212 e. The minimum Gasteiger partial charge on any atom is -0.497 e. The lowest BCUT2D eigenvalue weighted by molar-refractivity contribution is 0.0980. The molecular formula is C28H18N2O4. The van der Waals surface area contributed by atoms with Gasteiger partial charge in [-0.2, -0.15) is 0 Å². The van der Waals surface area contributed by atoms with E-state index in [-0.39, 0.29) is 39.4 Å². The Labute approximate surface area is 194 Å². The molecule has 6 rings (SSSR count). The van der Waals surface area contributed by atoms with E-state index in [1.165, 1.54) is 0 Å². The number of aromatic amines is 1. The quantitative estimate of drug-likeness (QED) is 0.367. The van der Waals surface area contributed by atoms with Gasteiger partial charge in [0.15, 0.2) is 11.6 Å². The van der Waals surface area contributed by atoms with E-state index in [4.69, 9.17) is 4.74 Å². The van der Waals surface area contributed by atoms with E-state index in [9.17, 15) is 14.4 Å². The summed E-state index contributed by atoms with van der Waals surface area (Å²) in [5.41, 5.74) is 2.73. The summed E-state index contributed by atoms with van der Waals surface area (Å²) in [4.78, 5) is 44.4. The van der Waals surface area contributed by atoms with Crippen LogP contribution in [0.2, 0.25) is 0 Å². The minimum absolute atomic E-state index is 0.0866. The lowest BCUT2D eigenvalue weighted by Crippen LogP contribution is -2.28. The molecule has 0 bridgehead atoms. The molecule has 6 nitrogen and oxygen atoms in total. The Balaban J connectivity index is 1.69. The molecule has 3 aromatic rings. The number of hydrogen-bond acceptors (Lipinski definition) is 5. The monoisotopic (exact) mass is 446 g/mol. The molecule has 164 valence electrons. The van der Waals surface area contributed by atoms with Crippen molar-refractivity contribution in [2.45, 2.75) is 0 Å². The van der Waals surface area contributed by atoms with Crippen molar-refractivity contribution in [1.29, 1.82) is 0 Å². The summed E-state index contributed by atoms with van der Waals surface area (Å²) in [5.74, 6) is 0.0102. The van der Waals surface area contributed by atoms with Gasteiger partial charge in [-0.3, -0.25) is 14.4 Å². The molecule has 0 unspecified atom stereocenters. The van der Waals surface area contributed by atoms with Gasteiger partial charge in [0.2, 0.25) is 5.43 Å². The zero-order valence-electron chi connectivity index (χ0n) is 18.1. The number of ether oxygens (including phenoxy) is 1. The first-order valence-corrected chi connectivity index (χ1v) is 10.8. The van der Waals surface area contributed by atoms with Crippen LogP contribution >= 0.6 is 0 Å². The van der Waals surface area contributed by atoms with Crippen molar-refractivity contribution in [1.82, 2.24) is 4.98 Å². The highest BCUT2D eigenvalue weighted by atomic mass is 16.5. The van der Waals surface area contributed by atoms with Crippen molar-refractivity contribution < 1.29 is 14.3 Å². The van der Waals surface area contributed by atoms with Crippen LogP contribution in [0.3, 0.4) is 0 Å². The van der Waals surface area contributed by atoms with Crippen molar-refractivity contribution in [3.05, 3.63) is 111 Å². The first kappa shape index (κ1) is 19.9. The zero-order valence-corrected chi connectivity index (χ0v) is 18.1. The van der Waals surface area contributed by atoms with E-state index in [1.807, 2.05) is 24.3 Å². The van der Waals surface area contributed by atoms with Crippen LogP contribution < -0.4 is 15.5 Å². The number of para-hydroxylation sites is 1. The Bertz CT molecular complexity index is 1670. The molecule has 6 heteroatoms. The molecule has 0 radical (unpaired) electrons. The number of anilines is 2. The molecule has 0 amide bonds. The molecule has 1 heterocycles. The number of ketones is 2. The standard InChI is InChI=1S/C28H18N2O4/c1-34-17-12-10-16(11-13-17)29-25-23-22(26(31)18-7-3-4-8-19(18)27(23)32)24-20(28(25)33)14-15-6-2-5-9-21(15)30-24/h2-14,29-30H,1H3. The molecule has 0 saturated carbocycles. The molecule has 0 spiro atoms. The third kappa shape index (κ3) is 2.85. The number of carbonyl (C=O) groups excluding carboxylic acids is 2. The van der Waals surface area contributed by atoms with Gasteiger partial charge < -0.3 is 15.0 Å². The van der Waals surface area contributed by atoms with Crippen LogP contribution in [-0.4, -0.2) is 23.7 Å². The van der Waals surface area contributed by atoms with Crippen LogP contribution in [0.15, 0.2) is 83.7 Å². The number of methoxy groups -OCH3 is 1. The Morgan fingerprint density at radius 2 is 1.38 bits per heavy atom.